The van der Waals surface area contributed by atoms with Crippen LogP contribution >= 0.6 is 23.2 Å². The highest BCUT2D eigenvalue weighted by atomic mass is 35.5. The van der Waals surface area contributed by atoms with Crippen LogP contribution in [0.25, 0.3) is 0 Å². The summed E-state index contributed by atoms with van der Waals surface area (Å²) in [6.07, 6.45) is 0.980. The van der Waals surface area contributed by atoms with Crippen molar-refractivity contribution in [2.45, 2.75) is 26.2 Å². The summed E-state index contributed by atoms with van der Waals surface area (Å²) < 4.78 is 0. The summed E-state index contributed by atoms with van der Waals surface area (Å²) in [6.45, 7) is 2.56. The number of anilines is 1. The molecule has 0 saturated carbocycles. The zero-order chi connectivity index (χ0) is 18.7. The minimum absolute atomic E-state index is 0.0111. The summed E-state index contributed by atoms with van der Waals surface area (Å²) in [5, 5.41) is 11.7. The van der Waals surface area contributed by atoms with Crippen LogP contribution in [0.4, 0.5) is 11.5 Å². The summed E-state index contributed by atoms with van der Waals surface area (Å²) in [7, 11) is 0. The second kappa shape index (κ2) is 7.88. The maximum absolute atomic E-state index is 10.7. The minimum atomic E-state index is -0.877. The van der Waals surface area contributed by atoms with Gasteiger partial charge in [-0.1, -0.05) is 23.2 Å². The van der Waals surface area contributed by atoms with Crippen LogP contribution in [0.15, 0.2) is 29.3 Å². The SMILES string of the molecule is Cc1cc(N=C2CCN(c3ccc(Cl)c(Cl)c3)N2)nc(CCC(=O)O)n1. The number of nitrogens with one attached hydrogen (secondary N) is 1. The van der Waals surface area contributed by atoms with E-state index in [4.69, 9.17) is 28.3 Å². The number of nitrogens with zero attached hydrogens (tertiary/aromatic N) is 4. The predicted molar refractivity (Wildman–Crippen MR) is 101 cm³/mol. The monoisotopic (exact) mass is 393 g/mol. The Balaban J connectivity index is 1.74. The number of carboxylic acids is 1. The van der Waals surface area contributed by atoms with Crippen LogP contribution in [0, 0.1) is 6.92 Å². The molecular weight excluding hydrogens is 377 g/mol. The third-order valence-corrected chi connectivity index (χ3v) is 4.49. The number of carbonyl (C=O) groups is 1. The summed E-state index contributed by atoms with van der Waals surface area (Å²) in [4.78, 5) is 23.8. The quantitative estimate of drug-likeness (QED) is 0.806. The standard InChI is InChI=1S/C17H17Cl2N5O2/c1-10-8-16(21-14(20-10)4-5-17(25)26)22-15-6-7-24(23-15)11-2-3-12(18)13(19)9-11/h2-3,8-9H,4-7H2,1H3,(H,25,26)(H,20,21,22,23). The lowest BCUT2D eigenvalue weighted by molar-refractivity contribution is -0.137. The summed E-state index contributed by atoms with van der Waals surface area (Å²) >= 11 is 12.0. The lowest BCUT2D eigenvalue weighted by Crippen LogP contribution is -2.33. The topological polar surface area (TPSA) is 90.7 Å². The van der Waals surface area contributed by atoms with Crippen molar-refractivity contribution in [3.05, 3.63) is 45.8 Å². The van der Waals surface area contributed by atoms with Crippen molar-refractivity contribution in [1.29, 1.82) is 0 Å². The van der Waals surface area contributed by atoms with Crippen molar-refractivity contribution >= 4 is 46.5 Å². The lowest BCUT2D eigenvalue weighted by Gasteiger charge is -2.18. The van der Waals surface area contributed by atoms with Crippen molar-refractivity contribution in [2.75, 3.05) is 11.6 Å². The molecule has 1 saturated heterocycles. The normalized spacial score (nSPS) is 15.3. The van der Waals surface area contributed by atoms with Crippen LogP contribution in [0.1, 0.15) is 24.4 Å². The van der Waals surface area contributed by atoms with E-state index in [1.165, 1.54) is 0 Å². The molecule has 136 valence electrons. The molecule has 1 aliphatic heterocycles. The van der Waals surface area contributed by atoms with Crippen LogP contribution in [-0.2, 0) is 11.2 Å². The molecule has 0 spiro atoms. The van der Waals surface area contributed by atoms with Crippen LogP contribution < -0.4 is 10.4 Å². The second-order valence-electron chi connectivity index (χ2n) is 5.85. The fraction of sp³-hybridized carbons (Fsp3) is 0.294. The number of benzene rings is 1. The molecule has 7 nitrogen and oxygen atoms in total. The Kier molecular flexibility index (Phi) is 5.58. The Morgan fingerprint density at radius 3 is 2.85 bits per heavy atom. The molecule has 0 bridgehead atoms. The molecule has 1 aromatic carbocycles. The molecule has 0 amide bonds. The average molecular weight is 394 g/mol. The Hall–Kier alpha value is -2.38. The number of aliphatic imine (C=N–C) groups is 1. The van der Waals surface area contributed by atoms with Crippen LogP contribution in [-0.4, -0.2) is 33.4 Å². The van der Waals surface area contributed by atoms with E-state index in [1.807, 2.05) is 18.0 Å². The van der Waals surface area contributed by atoms with E-state index in [2.05, 4.69) is 20.4 Å². The number of rotatable bonds is 5. The highest BCUT2D eigenvalue weighted by molar-refractivity contribution is 6.42. The van der Waals surface area contributed by atoms with Gasteiger partial charge in [-0.25, -0.2) is 15.0 Å². The molecule has 1 aromatic heterocycles. The van der Waals surface area contributed by atoms with Gasteiger partial charge >= 0.3 is 5.97 Å². The zero-order valence-electron chi connectivity index (χ0n) is 14.0. The second-order valence-corrected chi connectivity index (χ2v) is 6.66. The maximum Gasteiger partial charge on any atom is 0.303 e. The van der Waals surface area contributed by atoms with E-state index >= 15 is 0 Å². The fourth-order valence-electron chi connectivity index (χ4n) is 2.55. The molecule has 3 rings (SSSR count). The molecule has 0 atom stereocenters. The average Bonchev–Trinajstić information content (AvgIpc) is 3.03. The molecule has 0 radical (unpaired) electrons. The first kappa shape index (κ1) is 18.4. The zero-order valence-corrected chi connectivity index (χ0v) is 15.5. The van der Waals surface area contributed by atoms with E-state index in [9.17, 15) is 4.79 Å². The molecule has 0 unspecified atom stereocenters. The number of aromatic nitrogens is 2. The number of hydrogen-bond donors (Lipinski definition) is 2. The smallest absolute Gasteiger partial charge is 0.303 e. The van der Waals surface area contributed by atoms with Gasteiger partial charge in [-0.2, -0.15) is 0 Å². The Morgan fingerprint density at radius 1 is 1.31 bits per heavy atom. The van der Waals surface area contributed by atoms with Gasteiger partial charge in [0.1, 0.15) is 11.7 Å². The van der Waals surface area contributed by atoms with Crippen molar-refractivity contribution in [3.63, 3.8) is 0 Å². The number of aliphatic carboxylic acids is 1. The van der Waals surface area contributed by atoms with E-state index in [-0.39, 0.29) is 12.8 Å². The van der Waals surface area contributed by atoms with Gasteiger partial charge in [0.2, 0.25) is 0 Å². The van der Waals surface area contributed by atoms with Gasteiger partial charge in [0.25, 0.3) is 0 Å². The number of halogens is 2. The summed E-state index contributed by atoms with van der Waals surface area (Å²) in [6, 6.07) is 7.18. The Morgan fingerprint density at radius 2 is 2.12 bits per heavy atom. The molecule has 2 heterocycles. The highest BCUT2D eigenvalue weighted by Crippen LogP contribution is 2.27. The molecular formula is C17H17Cl2N5O2. The van der Waals surface area contributed by atoms with Crippen molar-refractivity contribution in [3.8, 4) is 0 Å². The fourth-order valence-corrected chi connectivity index (χ4v) is 2.84. The Bertz CT molecular complexity index is 872. The number of aryl methyl sites for hydroxylation is 2. The number of carboxylic acid groups (broad SMARTS) is 1. The van der Waals surface area contributed by atoms with Gasteiger partial charge in [-0.3, -0.25) is 15.2 Å². The van der Waals surface area contributed by atoms with E-state index in [0.29, 0.717) is 28.1 Å². The first-order valence-electron chi connectivity index (χ1n) is 8.04. The molecule has 1 aliphatic rings. The van der Waals surface area contributed by atoms with Gasteiger partial charge in [0.15, 0.2) is 5.82 Å². The van der Waals surface area contributed by atoms with Crippen LogP contribution in [0.5, 0.6) is 0 Å². The lowest BCUT2D eigenvalue weighted by atomic mass is 10.3. The molecule has 9 heteroatoms. The molecule has 1 fully saturated rings. The molecule has 2 aromatic rings. The van der Waals surface area contributed by atoms with Gasteiger partial charge in [0.05, 0.1) is 22.2 Å². The minimum Gasteiger partial charge on any atom is -0.481 e. The molecule has 2 N–H and O–H groups in total. The first-order chi connectivity index (χ1) is 12.4. The number of hydrazine groups is 1. The molecule has 26 heavy (non-hydrogen) atoms. The Labute approximate surface area is 160 Å². The van der Waals surface area contributed by atoms with Crippen LogP contribution in [0.3, 0.4) is 0 Å². The van der Waals surface area contributed by atoms with Crippen molar-refractivity contribution in [1.82, 2.24) is 15.4 Å². The summed E-state index contributed by atoms with van der Waals surface area (Å²) in [5.41, 5.74) is 4.86. The third kappa shape index (κ3) is 4.62. The maximum atomic E-state index is 10.7. The predicted octanol–water partition coefficient (Wildman–Crippen LogP) is 3.55. The van der Waals surface area contributed by atoms with Gasteiger partial charge in [-0.15, -0.1) is 0 Å². The van der Waals surface area contributed by atoms with Crippen LogP contribution in [0.2, 0.25) is 10.0 Å². The van der Waals surface area contributed by atoms with Crippen molar-refractivity contribution in [2.24, 2.45) is 4.99 Å². The van der Waals surface area contributed by atoms with Gasteiger partial charge < -0.3 is 5.11 Å². The van der Waals surface area contributed by atoms with E-state index in [0.717, 1.165) is 23.8 Å². The van der Waals surface area contributed by atoms with E-state index in [1.54, 1.807) is 18.2 Å². The van der Waals surface area contributed by atoms with Gasteiger partial charge in [0, 0.05) is 31.1 Å². The van der Waals surface area contributed by atoms with Gasteiger partial charge in [-0.05, 0) is 25.1 Å². The number of amidine groups is 1. The number of hydrogen-bond acceptors (Lipinski definition) is 5. The van der Waals surface area contributed by atoms with Crippen molar-refractivity contribution < 1.29 is 9.90 Å². The first-order valence-corrected chi connectivity index (χ1v) is 8.79. The third-order valence-electron chi connectivity index (χ3n) is 3.75. The highest BCUT2D eigenvalue weighted by Gasteiger charge is 2.18. The summed E-state index contributed by atoms with van der Waals surface area (Å²) in [5.74, 6) is 0.874. The van der Waals surface area contributed by atoms with E-state index < -0.39 is 5.97 Å². The largest absolute Gasteiger partial charge is 0.481 e. The molecule has 0 aliphatic carbocycles.